The highest BCUT2D eigenvalue weighted by atomic mass is 32.2. The molecule has 1 atom stereocenters. The second-order valence-corrected chi connectivity index (χ2v) is 9.74. The maximum absolute atomic E-state index is 13.4. The Morgan fingerprint density at radius 2 is 1.91 bits per heavy atom. The smallest absolute Gasteiger partial charge is 0.262 e. The van der Waals surface area contributed by atoms with Gasteiger partial charge >= 0.3 is 0 Å². The van der Waals surface area contributed by atoms with Gasteiger partial charge < -0.3 is 4.90 Å². The number of carbonyl (C=O) groups is 1. The van der Waals surface area contributed by atoms with Crippen molar-refractivity contribution in [3.05, 3.63) is 64.4 Å². The third-order valence-corrected chi connectivity index (χ3v) is 7.25. The SMILES string of the molecule is CCCCn1c(=O)c2ccccc2n2c(SC(C)C(=O)N3CCCc4ccccc43)nnc12. The van der Waals surface area contributed by atoms with E-state index in [0.29, 0.717) is 22.9 Å². The van der Waals surface area contributed by atoms with Gasteiger partial charge in [0.1, 0.15) is 0 Å². The monoisotopic (exact) mass is 461 g/mol. The molecular formula is C25H27N5O2S. The van der Waals surface area contributed by atoms with Crippen molar-refractivity contribution in [2.24, 2.45) is 0 Å². The van der Waals surface area contributed by atoms with Crippen molar-refractivity contribution in [3.63, 3.8) is 0 Å². The molecule has 8 heteroatoms. The maximum atomic E-state index is 13.4. The average Bonchev–Trinajstić information content (AvgIpc) is 3.26. The number of thioether (sulfide) groups is 1. The Labute approximate surface area is 196 Å². The normalized spacial score (nSPS) is 14.5. The van der Waals surface area contributed by atoms with E-state index < -0.39 is 0 Å². The minimum atomic E-state index is -0.349. The van der Waals surface area contributed by atoms with Crippen molar-refractivity contribution in [2.75, 3.05) is 11.4 Å². The minimum absolute atomic E-state index is 0.0513. The zero-order chi connectivity index (χ0) is 22.9. The molecule has 1 amide bonds. The number of hydrogen-bond acceptors (Lipinski definition) is 5. The summed E-state index contributed by atoms with van der Waals surface area (Å²) in [5.41, 5.74) is 2.93. The zero-order valence-electron chi connectivity index (χ0n) is 18.9. The van der Waals surface area contributed by atoms with Crippen molar-refractivity contribution >= 4 is 40.0 Å². The zero-order valence-corrected chi connectivity index (χ0v) is 19.7. The molecule has 3 heterocycles. The van der Waals surface area contributed by atoms with E-state index in [1.807, 2.05) is 58.7 Å². The fourth-order valence-corrected chi connectivity index (χ4v) is 5.44. The van der Waals surface area contributed by atoms with Crippen LogP contribution in [0.25, 0.3) is 16.7 Å². The Morgan fingerprint density at radius 1 is 1.12 bits per heavy atom. The van der Waals surface area contributed by atoms with Gasteiger partial charge in [-0.3, -0.25) is 18.6 Å². The second-order valence-electron chi connectivity index (χ2n) is 8.43. The summed E-state index contributed by atoms with van der Waals surface area (Å²) in [5.74, 6) is 0.588. The molecule has 0 spiro atoms. The third-order valence-electron chi connectivity index (χ3n) is 6.22. The van der Waals surface area contributed by atoms with E-state index in [1.165, 1.54) is 17.3 Å². The van der Waals surface area contributed by atoms with Gasteiger partial charge in [0.2, 0.25) is 11.7 Å². The number of carbonyl (C=O) groups excluding carboxylic acids is 1. The first-order valence-electron chi connectivity index (χ1n) is 11.5. The van der Waals surface area contributed by atoms with Gasteiger partial charge in [-0.05, 0) is 49.9 Å². The fourth-order valence-electron chi connectivity index (χ4n) is 4.52. The van der Waals surface area contributed by atoms with Crippen molar-refractivity contribution in [1.82, 2.24) is 19.2 Å². The first-order chi connectivity index (χ1) is 16.1. The van der Waals surface area contributed by atoms with E-state index in [4.69, 9.17) is 0 Å². The summed E-state index contributed by atoms with van der Waals surface area (Å²) in [5, 5.41) is 9.69. The highest BCUT2D eigenvalue weighted by Gasteiger charge is 2.28. The number of rotatable bonds is 6. The van der Waals surface area contributed by atoms with E-state index >= 15 is 0 Å². The van der Waals surface area contributed by atoms with Gasteiger partial charge in [-0.2, -0.15) is 0 Å². The average molecular weight is 462 g/mol. The van der Waals surface area contributed by atoms with Crippen LogP contribution in [0.15, 0.2) is 58.5 Å². The second kappa shape index (κ2) is 9.02. The molecule has 2 aromatic heterocycles. The summed E-state index contributed by atoms with van der Waals surface area (Å²) in [6.45, 7) is 5.33. The topological polar surface area (TPSA) is 72.5 Å². The van der Waals surface area contributed by atoms with E-state index in [2.05, 4.69) is 23.2 Å². The van der Waals surface area contributed by atoms with Gasteiger partial charge in [-0.1, -0.05) is 55.4 Å². The number of aromatic nitrogens is 4. The molecule has 1 aliphatic heterocycles. The quantitative estimate of drug-likeness (QED) is 0.400. The Kier molecular flexibility index (Phi) is 5.93. The first-order valence-corrected chi connectivity index (χ1v) is 12.4. The molecule has 0 N–H and O–H groups in total. The maximum Gasteiger partial charge on any atom is 0.262 e. The molecule has 0 saturated heterocycles. The summed E-state index contributed by atoms with van der Waals surface area (Å²) >= 11 is 1.39. The van der Waals surface area contributed by atoms with Crippen molar-refractivity contribution in [2.45, 2.75) is 56.5 Å². The molecular weight excluding hydrogens is 434 g/mol. The molecule has 0 radical (unpaired) electrons. The van der Waals surface area contributed by atoms with Gasteiger partial charge in [-0.15, -0.1) is 10.2 Å². The fraction of sp³-hybridized carbons (Fsp3) is 0.360. The van der Waals surface area contributed by atoms with Crippen molar-refractivity contribution in [3.8, 4) is 0 Å². The van der Waals surface area contributed by atoms with E-state index in [0.717, 1.165) is 43.4 Å². The number of unbranched alkanes of at least 4 members (excludes halogenated alkanes) is 1. The Hall–Kier alpha value is -3.13. The Balaban J connectivity index is 1.53. The molecule has 0 fully saturated rings. The summed E-state index contributed by atoms with van der Waals surface area (Å²) in [6.07, 6.45) is 3.82. The van der Waals surface area contributed by atoms with E-state index in [-0.39, 0.29) is 16.7 Å². The van der Waals surface area contributed by atoms with Gasteiger partial charge in [0.15, 0.2) is 5.16 Å². The molecule has 170 valence electrons. The van der Waals surface area contributed by atoms with Crippen LogP contribution in [0.2, 0.25) is 0 Å². The number of amides is 1. The predicted octanol–water partition coefficient (Wildman–Crippen LogP) is 4.30. The molecule has 4 aromatic rings. The molecule has 1 unspecified atom stereocenters. The first kappa shape index (κ1) is 21.7. The van der Waals surface area contributed by atoms with Gasteiger partial charge in [0.25, 0.3) is 5.56 Å². The van der Waals surface area contributed by atoms with Crippen LogP contribution in [0.3, 0.4) is 0 Å². The lowest BCUT2D eigenvalue weighted by molar-refractivity contribution is -0.117. The number of hydrogen-bond donors (Lipinski definition) is 0. The summed E-state index contributed by atoms with van der Waals surface area (Å²) in [6, 6.07) is 15.7. The van der Waals surface area contributed by atoms with Crippen LogP contribution in [-0.2, 0) is 17.8 Å². The van der Waals surface area contributed by atoms with Gasteiger partial charge in [0.05, 0.1) is 16.2 Å². The van der Waals surface area contributed by atoms with Crippen molar-refractivity contribution in [1.29, 1.82) is 0 Å². The number of aryl methyl sites for hydroxylation is 2. The number of anilines is 1. The molecule has 0 aliphatic carbocycles. The van der Waals surface area contributed by atoms with Crippen LogP contribution in [0.5, 0.6) is 0 Å². The molecule has 0 bridgehead atoms. The molecule has 2 aromatic carbocycles. The highest BCUT2D eigenvalue weighted by Crippen LogP contribution is 2.31. The highest BCUT2D eigenvalue weighted by molar-refractivity contribution is 8.00. The lowest BCUT2D eigenvalue weighted by atomic mass is 10.0. The van der Waals surface area contributed by atoms with Crippen LogP contribution in [0.1, 0.15) is 38.7 Å². The van der Waals surface area contributed by atoms with Gasteiger partial charge in [0, 0.05) is 18.8 Å². The largest absolute Gasteiger partial charge is 0.311 e. The standard InChI is InChI=1S/C25H27N5O2S/c1-3-4-15-29-23(32)19-12-6-8-14-21(19)30-24(29)26-27-25(30)33-17(2)22(31)28-16-9-11-18-10-5-7-13-20(18)28/h5-8,10,12-14,17H,3-4,9,11,15-16H2,1-2H3. The van der Waals surface area contributed by atoms with Crippen LogP contribution in [-0.4, -0.2) is 36.9 Å². The molecule has 33 heavy (non-hydrogen) atoms. The summed E-state index contributed by atoms with van der Waals surface area (Å²) in [7, 11) is 0. The Morgan fingerprint density at radius 3 is 2.76 bits per heavy atom. The lowest BCUT2D eigenvalue weighted by Gasteiger charge is -2.31. The third kappa shape index (κ3) is 3.82. The molecule has 5 rings (SSSR count). The summed E-state index contributed by atoms with van der Waals surface area (Å²) in [4.78, 5) is 28.5. The number of nitrogens with zero attached hydrogens (tertiary/aromatic N) is 5. The Bertz CT molecular complexity index is 1390. The lowest BCUT2D eigenvalue weighted by Crippen LogP contribution is -2.40. The van der Waals surface area contributed by atoms with E-state index in [1.54, 1.807) is 4.57 Å². The molecule has 0 saturated carbocycles. The summed E-state index contributed by atoms with van der Waals surface area (Å²) < 4.78 is 3.63. The van der Waals surface area contributed by atoms with Crippen LogP contribution < -0.4 is 10.5 Å². The van der Waals surface area contributed by atoms with Crippen molar-refractivity contribution < 1.29 is 4.79 Å². The molecule has 7 nitrogen and oxygen atoms in total. The molecule has 1 aliphatic rings. The minimum Gasteiger partial charge on any atom is -0.311 e. The van der Waals surface area contributed by atoms with E-state index in [9.17, 15) is 9.59 Å². The van der Waals surface area contributed by atoms with Gasteiger partial charge in [-0.25, -0.2) is 0 Å². The predicted molar refractivity (Wildman–Crippen MR) is 132 cm³/mol. The number of para-hydroxylation sites is 2. The number of fused-ring (bicyclic) bond motifs is 4. The van der Waals surface area contributed by atoms with Crippen LogP contribution in [0.4, 0.5) is 5.69 Å². The van der Waals surface area contributed by atoms with Crippen LogP contribution in [0, 0.1) is 0 Å². The van der Waals surface area contributed by atoms with Crippen LogP contribution >= 0.6 is 11.8 Å². The number of benzene rings is 2.